The van der Waals surface area contributed by atoms with Crippen LogP contribution in [0.1, 0.15) is 22.9 Å². The molecule has 1 aromatic heterocycles. The molecule has 1 unspecified atom stereocenters. The maximum Gasteiger partial charge on any atom is 0.311 e. The van der Waals surface area contributed by atoms with Gasteiger partial charge in [-0.05, 0) is 42.0 Å². The number of methoxy groups -OCH3 is 3. The minimum atomic E-state index is -0.837. The number of hydrogen-bond donors (Lipinski definition) is 0. The van der Waals surface area contributed by atoms with Gasteiger partial charge in [0.05, 0.1) is 33.4 Å². The van der Waals surface area contributed by atoms with Crippen molar-refractivity contribution in [2.75, 3.05) is 21.3 Å². The van der Waals surface area contributed by atoms with E-state index in [1.54, 1.807) is 48.7 Å². The first-order valence-corrected chi connectivity index (χ1v) is 9.20. The number of rotatable bonds is 8. The van der Waals surface area contributed by atoms with Crippen molar-refractivity contribution in [2.45, 2.75) is 12.5 Å². The Balaban J connectivity index is 1.87. The van der Waals surface area contributed by atoms with E-state index in [2.05, 4.69) is 4.98 Å². The largest absolute Gasteiger partial charge is 0.493 e. The van der Waals surface area contributed by atoms with Crippen LogP contribution in [0.4, 0.5) is 4.39 Å². The van der Waals surface area contributed by atoms with Crippen molar-refractivity contribution in [1.29, 1.82) is 0 Å². The van der Waals surface area contributed by atoms with Gasteiger partial charge in [0.1, 0.15) is 5.82 Å². The molecule has 0 aliphatic carbocycles. The Kier molecular flexibility index (Phi) is 6.85. The smallest absolute Gasteiger partial charge is 0.311 e. The Morgan fingerprint density at radius 2 is 1.70 bits per heavy atom. The Morgan fingerprint density at radius 3 is 2.27 bits per heavy atom. The van der Waals surface area contributed by atoms with Crippen molar-refractivity contribution in [3.63, 3.8) is 0 Å². The van der Waals surface area contributed by atoms with E-state index in [1.807, 2.05) is 0 Å². The summed E-state index contributed by atoms with van der Waals surface area (Å²) in [5.41, 5.74) is 1.61. The molecule has 2 aromatic carbocycles. The second kappa shape index (κ2) is 9.73. The minimum absolute atomic E-state index is 0.0463. The molecule has 0 aliphatic rings. The van der Waals surface area contributed by atoms with Crippen LogP contribution in [0.2, 0.25) is 0 Å². The third kappa shape index (κ3) is 4.86. The summed E-state index contributed by atoms with van der Waals surface area (Å²) >= 11 is 0. The number of carbonyl (C=O) groups excluding carboxylic acids is 1. The SMILES string of the molecule is COc1cc(CC(=O)OC(c2cccc(F)c2)c2ccccn2)cc(OC)c1OC. The van der Waals surface area contributed by atoms with Crippen LogP contribution < -0.4 is 14.2 Å². The van der Waals surface area contributed by atoms with Crippen LogP contribution in [0.25, 0.3) is 0 Å². The normalized spacial score (nSPS) is 11.5. The molecule has 6 nitrogen and oxygen atoms in total. The van der Waals surface area contributed by atoms with Crippen LogP contribution in [0.5, 0.6) is 17.2 Å². The Morgan fingerprint density at radius 1 is 0.967 bits per heavy atom. The van der Waals surface area contributed by atoms with E-state index < -0.39 is 17.9 Å². The molecule has 3 rings (SSSR count). The molecule has 1 heterocycles. The molecule has 0 radical (unpaired) electrons. The van der Waals surface area contributed by atoms with Crippen LogP contribution in [0, 0.1) is 5.82 Å². The predicted molar refractivity (Wildman–Crippen MR) is 108 cm³/mol. The second-order valence-electron chi connectivity index (χ2n) is 6.39. The lowest BCUT2D eigenvalue weighted by Gasteiger charge is -2.19. The minimum Gasteiger partial charge on any atom is -0.493 e. The predicted octanol–water partition coefficient (Wildman–Crippen LogP) is 4.12. The molecular weight excluding hydrogens is 389 g/mol. The molecule has 0 amide bonds. The molecular formula is C23H22FNO5. The van der Waals surface area contributed by atoms with E-state index >= 15 is 0 Å². The monoisotopic (exact) mass is 411 g/mol. The van der Waals surface area contributed by atoms with Crippen molar-refractivity contribution >= 4 is 5.97 Å². The number of halogens is 1. The highest BCUT2D eigenvalue weighted by molar-refractivity contribution is 5.74. The van der Waals surface area contributed by atoms with E-state index in [0.717, 1.165) is 0 Å². The number of carbonyl (C=O) groups is 1. The van der Waals surface area contributed by atoms with Gasteiger partial charge in [-0.15, -0.1) is 0 Å². The highest BCUT2D eigenvalue weighted by Crippen LogP contribution is 2.38. The summed E-state index contributed by atoms with van der Waals surface area (Å²) in [7, 11) is 4.51. The standard InChI is InChI=1S/C23H22FNO5/c1-27-19-11-15(12-20(28-2)23(19)29-3)13-21(26)30-22(18-9-4-5-10-25-18)16-7-6-8-17(24)14-16/h4-12,14,22H,13H2,1-3H3. The molecule has 0 fully saturated rings. The average molecular weight is 411 g/mol. The van der Waals surface area contributed by atoms with Crippen LogP contribution >= 0.6 is 0 Å². The lowest BCUT2D eigenvalue weighted by atomic mass is 10.1. The summed E-state index contributed by atoms with van der Waals surface area (Å²) in [6, 6.07) is 14.5. The van der Waals surface area contributed by atoms with E-state index in [-0.39, 0.29) is 6.42 Å². The van der Waals surface area contributed by atoms with Crippen molar-refractivity contribution < 1.29 is 28.1 Å². The first-order valence-electron chi connectivity index (χ1n) is 9.20. The molecule has 0 N–H and O–H groups in total. The Bertz CT molecular complexity index is 984. The molecule has 0 aliphatic heterocycles. The van der Waals surface area contributed by atoms with Crippen molar-refractivity contribution in [3.05, 3.63) is 83.4 Å². The van der Waals surface area contributed by atoms with Gasteiger partial charge in [-0.2, -0.15) is 0 Å². The van der Waals surface area contributed by atoms with Crippen LogP contribution in [-0.2, 0) is 16.0 Å². The lowest BCUT2D eigenvalue weighted by Crippen LogP contribution is -2.16. The van der Waals surface area contributed by atoms with Gasteiger partial charge >= 0.3 is 5.97 Å². The van der Waals surface area contributed by atoms with Gasteiger partial charge in [-0.3, -0.25) is 9.78 Å². The summed E-state index contributed by atoms with van der Waals surface area (Å²) in [5, 5.41) is 0. The summed E-state index contributed by atoms with van der Waals surface area (Å²) in [6.45, 7) is 0. The molecule has 0 bridgehead atoms. The Hall–Kier alpha value is -3.61. The Labute approximate surface area is 174 Å². The van der Waals surface area contributed by atoms with E-state index in [9.17, 15) is 9.18 Å². The fourth-order valence-corrected chi connectivity index (χ4v) is 3.08. The maximum absolute atomic E-state index is 13.8. The highest BCUT2D eigenvalue weighted by atomic mass is 19.1. The topological polar surface area (TPSA) is 66.9 Å². The first kappa shape index (κ1) is 21.1. The van der Waals surface area contributed by atoms with Gasteiger partial charge in [0, 0.05) is 11.8 Å². The first-order chi connectivity index (χ1) is 14.5. The van der Waals surface area contributed by atoms with Crippen LogP contribution in [-0.4, -0.2) is 32.3 Å². The molecule has 0 saturated carbocycles. The van der Waals surface area contributed by atoms with Crippen molar-refractivity contribution in [2.24, 2.45) is 0 Å². The fraction of sp³-hybridized carbons (Fsp3) is 0.217. The molecule has 7 heteroatoms. The van der Waals surface area contributed by atoms with Crippen LogP contribution in [0.3, 0.4) is 0 Å². The molecule has 0 saturated heterocycles. The number of pyridine rings is 1. The van der Waals surface area contributed by atoms with Gasteiger partial charge in [-0.1, -0.05) is 18.2 Å². The molecule has 30 heavy (non-hydrogen) atoms. The van der Waals surface area contributed by atoms with Gasteiger partial charge in [0.25, 0.3) is 0 Å². The van der Waals surface area contributed by atoms with Gasteiger partial charge in [-0.25, -0.2) is 4.39 Å². The van der Waals surface area contributed by atoms with E-state index in [4.69, 9.17) is 18.9 Å². The van der Waals surface area contributed by atoms with Gasteiger partial charge in [0.2, 0.25) is 5.75 Å². The zero-order valence-corrected chi connectivity index (χ0v) is 16.9. The highest BCUT2D eigenvalue weighted by Gasteiger charge is 2.22. The summed E-state index contributed by atoms with van der Waals surface area (Å²) in [4.78, 5) is 17.0. The molecule has 1 atom stereocenters. The van der Waals surface area contributed by atoms with Crippen molar-refractivity contribution in [3.8, 4) is 17.2 Å². The van der Waals surface area contributed by atoms with Gasteiger partial charge < -0.3 is 18.9 Å². The third-order valence-electron chi connectivity index (χ3n) is 4.43. The molecule has 156 valence electrons. The van der Waals surface area contributed by atoms with Crippen LogP contribution in [0.15, 0.2) is 60.8 Å². The van der Waals surface area contributed by atoms with Gasteiger partial charge in [0.15, 0.2) is 17.6 Å². The fourth-order valence-electron chi connectivity index (χ4n) is 3.08. The van der Waals surface area contributed by atoms with E-state index in [1.165, 1.54) is 33.5 Å². The third-order valence-corrected chi connectivity index (χ3v) is 4.43. The number of esters is 1. The quantitative estimate of drug-likeness (QED) is 0.520. The number of benzene rings is 2. The molecule has 3 aromatic rings. The summed E-state index contributed by atoms with van der Waals surface area (Å²) in [5.74, 6) is 0.374. The molecule has 0 spiro atoms. The summed E-state index contributed by atoms with van der Waals surface area (Å²) in [6.07, 6.45) is 0.709. The average Bonchev–Trinajstić information content (AvgIpc) is 2.77. The summed E-state index contributed by atoms with van der Waals surface area (Å²) < 4.78 is 35.4. The number of ether oxygens (including phenoxy) is 4. The van der Waals surface area contributed by atoms with E-state index in [0.29, 0.717) is 34.1 Å². The lowest BCUT2D eigenvalue weighted by molar-refractivity contribution is -0.146. The maximum atomic E-state index is 13.8. The number of aromatic nitrogens is 1. The second-order valence-corrected chi connectivity index (χ2v) is 6.39. The zero-order chi connectivity index (χ0) is 21.5. The zero-order valence-electron chi connectivity index (χ0n) is 16.9. The number of nitrogens with zero attached hydrogens (tertiary/aromatic N) is 1. The van der Waals surface area contributed by atoms with Crippen molar-refractivity contribution in [1.82, 2.24) is 4.98 Å². The number of hydrogen-bond acceptors (Lipinski definition) is 6.